The Balaban J connectivity index is 1.83. The van der Waals surface area contributed by atoms with E-state index in [1.807, 2.05) is 44.2 Å². The van der Waals surface area contributed by atoms with E-state index in [1.54, 1.807) is 42.5 Å². The van der Waals surface area contributed by atoms with Gasteiger partial charge in [0.2, 0.25) is 11.8 Å². The van der Waals surface area contributed by atoms with Crippen molar-refractivity contribution in [3.05, 3.63) is 130 Å². The lowest BCUT2D eigenvalue weighted by atomic mass is 10.0. The van der Waals surface area contributed by atoms with E-state index in [4.69, 9.17) is 4.74 Å². The van der Waals surface area contributed by atoms with Gasteiger partial charge in [-0.15, -0.1) is 0 Å². The van der Waals surface area contributed by atoms with Crippen LogP contribution in [0.25, 0.3) is 0 Å². The van der Waals surface area contributed by atoms with E-state index >= 15 is 0 Å². The first kappa shape index (κ1) is 34.6. The summed E-state index contributed by atoms with van der Waals surface area (Å²) in [4.78, 5) is 40.7. The molecule has 0 radical (unpaired) electrons. The summed E-state index contributed by atoms with van der Waals surface area (Å²) in [5.41, 5.74) is 1.04. The van der Waals surface area contributed by atoms with Gasteiger partial charge in [0, 0.05) is 31.6 Å². The number of non-ortho nitro benzene ring substituents is 1. The Morgan fingerprint density at radius 3 is 2.15 bits per heavy atom. The lowest BCUT2D eigenvalue weighted by Gasteiger charge is -2.34. The Bertz CT molecular complexity index is 1780. The Hall–Kier alpha value is -5.23. The highest BCUT2D eigenvalue weighted by Gasteiger charge is 2.35. The number of nitrogens with zero attached hydrogens (tertiary/aromatic N) is 3. The van der Waals surface area contributed by atoms with Crippen LogP contribution in [0.2, 0.25) is 0 Å². The number of carbonyl (C=O) groups is 2. The van der Waals surface area contributed by atoms with Crippen LogP contribution in [-0.2, 0) is 32.6 Å². The smallest absolute Gasteiger partial charge is 0.271 e. The van der Waals surface area contributed by atoms with Gasteiger partial charge in [-0.2, -0.15) is 0 Å². The topological polar surface area (TPSA) is 139 Å². The summed E-state index contributed by atoms with van der Waals surface area (Å²) in [7, 11) is -2.87. The highest BCUT2D eigenvalue weighted by molar-refractivity contribution is 7.92. The number of amides is 2. The molecule has 1 unspecified atom stereocenters. The molecule has 0 fully saturated rings. The van der Waals surface area contributed by atoms with E-state index in [0.717, 1.165) is 15.9 Å². The Kier molecular flexibility index (Phi) is 11.7. The van der Waals surface area contributed by atoms with Crippen molar-refractivity contribution in [2.75, 3.05) is 24.5 Å². The third-order valence-corrected chi connectivity index (χ3v) is 9.17. The Morgan fingerprint density at radius 2 is 1.51 bits per heavy atom. The maximum absolute atomic E-state index is 14.5. The zero-order chi connectivity index (χ0) is 34.0. The molecule has 4 rings (SSSR count). The number of hydrogen-bond donors (Lipinski definition) is 1. The van der Waals surface area contributed by atoms with E-state index in [0.29, 0.717) is 17.9 Å². The third kappa shape index (κ3) is 9.17. The minimum atomic E-state index is -4.39. The first-order valence-electron chi connectivity index (χ1n) is 15.1. The second-order valence-electron chi connectivity index (χ2n) is 11.3. The molecule has 246 valence electrons. The standard InChI is InChI=1S/C35H38N4O7S/c1-26(2)23-36-35(41)33(21-27-12-6-4-7-13-27)37(24-28-14-10-17-31(20-28)46-3)34(40)25-38(29-15-11-16-30(22-29)39(42)43)47(44,45)32-18-8-5-9-19-32/h4-20,22,26,33H,21,23-25H2,1-3H3,(H,36,41). The summed E-state index contributed by atoms with van der Waals surface area (Å²) in [6.45, 7) is 3.50. The molecule has 0 saturated carbocycles. The molecule has 0 spiro atoms. The van der Waals surface area contributed by atoms with Crippen molar-refractivity contribution in [3.8, 4) is 5.75 Å². The van der Waals surface area contributed by atoms with Crippen molar-refractivity contribution in [1.29, 1.82) is 0 Å². The second kappa shape index (κ2) is 15.9. The van der Waals surface area contributed by atoms with Gasteiger partial charge in [0.1, 0.15) is 18.3 Å². The lowest BCUT2D eigenvalue weighted by molar-refractivity contribution is -0.384. The average molecular weight is 659 g/mol. The molecule has 0 bridgehead atoms. The summed E-state index contributed by atoms with van der Waals surface area (Å²) in [6.07, 6.45) is 0.155. The van der Waals surface area contributed by atoms with Crippen LogP contribution >= 0.6 is 0 Å². The van der Waals surface area contributed by atoms with E-state index < -0.39 is 39.3 Å². The normalized spacial score (nSPS) is 11.8. The minimum absolute atomic E-state index is 0.0448. The number of sulfonamides is 1. The van der Waals surface area contributed by atoms with Crippen LogP contribution in [0.15, 0.2) is 114 Å². The summed E-state index contributed by atoms with van der Waals surface area (Å²) in [6, 6.07) is 27.9. The molecular formula is C35H38N4O7S. The molecule has 0 aromatic heterocycles. The SMILES string of the molecule is COc1cccc(CN(C(=O)CN(c2cccc([N+](=O)[O-])c2)S(=O)(=O)c2ccccc2)C(Cc2ccccc2)C(=O)NCC(C)C)c1. The Morgan fingerprint density at radius 1 is 0.872 bits per heavy atom. The van der Waals surface area contributed by atoms with Gasteiger partial charge in [-0.25, -0.2) is 8.42 Å². The number of nitro groups is 1. The van der Waals surface area contributed by atoms with Gasteiger partial charge < -0.3 is 15.0 Å². The van der Waals surface area contributed by atoms with Gasteiger partial charge in [0.15, 0.2) is 0 Å². The maximum Gasteiger partial charge on any atom is 0.271 e. The number of anilines is 1. The minimum Gasteiger partial charge on any atom is -0.497 e. The van der Waals surface area contributed by atoms with Crippen molar-refractivity contribution < 1.29 is 27.7 Å². The fraction of sp³-hybridized carbons (Fsp3) is 0.257. The first-order valence-corrected chi connectivity index (χ1v) is 16.5. The highest BCUT2D eigenvalue weighted by atomic mass is 32.2. The van der Waals surface area contributed by atoms with E-state index in [1.165, 1.54) is 42.3 Å². The Labute approximate surface area is 275 Å². The average Bonchev–Trinajstić information content (AvgIpc) is 3.08. The number of benzene rings is 4. The molecule has 0 aliphatic rings. The van der Waals surface area contributed by atoms with Gasteiger partial charge >= 0.3 is 0 Å². The molecule has 2 amide bonds. The molecule has 4 aromatic rings. The molecule has 47 heavy (non-hydrogen) atoms. The van der Waals surface area contributed by atoms with Gasteiger partial charge in [0.25, 0.3) is 15.7 Å². The van der Waals surface area contributed by atoms with Crippen molar-refractivity contribution in [2.45, 2.75) is 37.8 Å². The van der Waals surface area contributed by atoms with E-state index in [9.17, 15) is 28.1 Å². The summed E-state index contributed by atoms with van der Waals surface area (Å²) in [5.74, 6) is -0.394. The van der Waals surface area contributed by atoms with Crippen molar-refractivity contribution in [1.82, 2.24) is 10.2 Å². The molecule has 0 aliphatic heterocycles. The summed E-state index contributed by atoms with van der Waals surface area (Å²) >= 11 is 0. The van der Waals surface area contributed by atoms with Crippen molar-refractivity contribution in [2.24, 2.45) is 5.92 Å². The third-order valence-electron chi connectivity index (χ3n) is 7.38. The number of methoxy groups -OCH3 is 1. The van der Waals surface area contributed by atoms with Crippen LogP contribution in [-0.4, -0.2) is 56.3 Å². The molecule has 1 atom stereocenters. The fourth-order valence-electron chi connectivity index (χ4n) is 4.95. The molecule has 0 saturated heterocycles. The summed E-state index contributed by atoms with van der Waals surface area (Å²) in [5, 5.41) is 14.6. The molecule has 0 aliphatic carbocycles. The monoisotopic (exact) mass is 658 g/mol. The van der Waals surface area contributed by atoms with Crippen molar-refractivity contribution >= 4 is 33.2 Å². The number of carbonyl (C=O) groups excluding carboxylic acids is 2. The first-order chi connectivity index (χ1) is 22.5. The van der Waals surface area contributed by atoms with Crippen LogP contribution in [0.5, 0.6) is 5.75 Å². The number of ether oxygens (including phenoxy) is 1. The molecular weight excluding hydrogens is 620 g/mol. The van der Waals surface area contributed by atoms with Crippen molar-refractivity contribution in [3.63, 3.8) is 0 Å². The number of nitrogens with one attached hydrogen (secondary N) is 1. The molecule has 4 aromatic carbocycles. The molecule has 1 N–H and O–H groups in total. The van der Waals surface area contributed by atoms with Crippen LogP contribution in [0.3, 0.4) is 0 Å². The second-order valence-corrected chi connectivity index (χ2v) is 13.2. The van der Waals surface area contributed by atoms with Gasteiger partial charge in [-0.05, 0) is 47.4 Å². The number of hydrogen-bond acceptors (Lipinski definition) is 7. The lowest BCUT2D eigenvalue weighted by Crippen LogP contribution is -2.53. The maximum atomic E-state index is 14.5. The predicted molar refractivity (Wildman–Crippen MR) is 179 cm³/mol. The zero-order valence-electron chi connectivity index (χ0n) is 26.5. The summed E-state index contributed by atoms with van der Waals surface area (Å²) < 4.78 is 34.4. The van der Waals surface area contributed by atoms with Crippen LogP contribution in [0.4, 0.5) is 11.4 Å². The van der Waals surface area contributed by atoms with Crippen LogP contribution in [0, 0.1) is 16.0 Å². The molecule has 0 heterocycles. The van der Waals surface area contributed by atoms with Gasteiger partial charge in [0.05, 0.1) is 22.6 Å². The number of rotatable bonds is 15. The fourth-order valence-corrected chi connectivity index (χ4v) is 6.38. The predicted octanol–water partition coefficient (Wildman–Crippen LogP) is 5.21. The quantitative estimate of drug-likeness (QED) is 0.137. The van der Waals surface area contributed by atoms with Crippen LogP contribution in [0.1, 0.15) is 25.0 Å². The molecule has 11 nitrogen and oxygen atoms in total. The van der Waals surface area contributed by atoms with E-state index in [-0.39, 0.29) is 35.2 Å². The molecule has 12 heteroatoms. The van der Waals surface area contributed by atoms with Gasteiger partial charge in [-0.1, -0.05) is 80.6 Å². The highest BCUT2D eigenvalue weighted by Crippen LogP contribution is 2.28. The van der Waals surface area contributed by atoms with E-state index in [2.05, 4.69) is 5.32 Å². The number of nitro benzene ring substituents is 1. The zero-order valence-corrected chi connectivity index (χ0v) is 27.3. The van der Waals surface area contributed by atoms with Gasteiger partial charge in [-0.3, -0.25) is 24.0 Å². The largest absolute Gasteiger partial charge is 0.497 e. The van der Waals surface area contributed by atoms with Crippen LogP contribution < -0.4 is 14.4 Å².